The van der Waals surface area contributed by atoms with Gasteiger partial charge in [0.2, 0.25) is 0 Å². The Kier molecular flexibility index (Phi) is 2.46. The predicted molar refractivity (Wildman–Crippen MR) is 68.6 cm³/mol. The van der Waals surface area contributed by atoms with Crippen LogP contribution in [0.5, 0.6) is 0 Å². The fourth-order valence-corrected chi connectivity index (χ4v) is 2.47. The molecule has 0 bridgehead atoms. The molecule has 0 atom stereocenters. The molecule has 5 heteroatoms. The van der Waals surface area contributed by atoms with Crippen LogP contribution in [0.15, 0.2) is 36.0 Å². The van der Waals surface area contributed by atoms with Crippen LogP contribution in [-0.2, 0) is 0 Å². The minimum Gasteiger partial charge on any atom is -0.322 e. The van der Waals surface area contributed by atoms with Gasteiger partial charge in [-0.05, 0) is 23.6 Å². The van der Waals surface area contributed by atoms with Crippen molar-refractivity contribution in [3.63, 3.8) is 0 Å². The van der Waals surface area contributed by atoms with Gasteiger partial charge in [-0.25, -0.2) is 9.97 Å². The SMILES string of the molecule is Clc1ccnc2nc(N3C=CSC3)ccc12. The zero-order valence-electron chi connectivity index (χ0n) is 8.30. The fourth-order valence-electron chi connectivity index (χ4n) is 1.57. The molecule has 0 aliphatic carbocycles. The molecule has 1 aliphatic rings. The Labute approximate surface area is 102 Å². The lowest BCUT2D eigenvalue weighted by Crippen LogP contribution is -2.12. The molecule has 0 saturated carbocycles. The zero-order chi connectivity index (χ0) is 11.0. The lowest BCUT2D eigenvalue weighted by molar-refractivity contribution is 1.12. The molecule has 1 aliphatic heterocycles. The van der Waals surface area contributed by atoms with Crippen LogP contribution in [0, 0.1) is 0 Å². The summed E-state index contributed by atoms with van der Waals surface area (Å²) >= 11 is 7.80. The number of hydrogen-bond acceptors (Lipinski definition) is 4. The first-order valence-corrected chi connectivity index (χ1v) is 6.23. The number of rotatable bonds is 1. The maximum Gasteiger partial charge on any atom is 0.163 e. The zero-order valence-corrected chi connectivity index (χ0v) is 9.87. The average molecular weight is 250 g/mol. The molecule has 0 amide bonds. The number of pyridine rings is 2. The highest BCUT2D eigenvalue weighted by molar-refractivity contribution is 8.02. The molecule has 0 N–H and O–H groups in total. The smallest absolute Gasteiger partial charge is 0.163 e. The number of hydrogen-bond donors (Lipinski definition) is 0. The van der Waals surface area contributed by atoms with Crippen LogP contribution in [0.4, 0.5) is 5.82 Å². The minimum absolute atomic E-state index is 0.690. The van der Waals surface area contributed by atoms with Crippen molar-refractivity contribution in [2.75, 3.05) is 10.8 Å². The van der Waals surface area contributed by atoms with Gasteiger partial charge in [-0.2, -0.15) is 0 Å². The fraction of sp³-hybridized carbons (Fsp3) is 0.0909. The molecule has 80 valence electrons. The Hall–Kier alpha value is -1.26. The largest absolute Gasteiger partial charge is 0.322 e. The minimum atomic E-state index is 0.690. The second-order valence-corrected chi connectivity index (χ2v) is 4.65. The Bertz CT molecular complexity index is 570. The summed E-state index contributed by atoms with van der Waals surface area (Å²) in [7, 11) is 0. The van der Waals surface area contributed by atoms with Crippen LogP contribution < -0.4 is 4.90 Å². The third kappa shape index (κ3) is 1.64. The van der Waals surface area contributed by atoms with Crippen molar-refractivity contribution in [3.8, 4) is 0 Å². The topological polar surface area (TPSA) is 29.0 Å². The highest BCUT2D eigenvalue weighted by Crippen LogP contribution is 2.26. The van der Waals surface area contributed by atoms with Gasteiger partial charge in [0.15, 0.2) is 5.65 Å². The summed E-state index contributed by atoms with van der Waals surface area (Å²) in [5.41, 5.74) is 0.690. The predicted octanol–water partition coefficient (Wildman–Crippen LogP) is 3.27. The van der Waals surface area contributed by atoms with Gasteiger partial charge in [0, 0.05) is 17.8 Å². The van der Waals surface area contributed by atoms with E-state index in [1.807, 2.05) is 18.3 Å². The quantitative estimate of drug-likeness (QED) is 0.776. The Morgan fingerprint density at radius 3 is 3.06 bits per heavy atom. The maximum atomic E-state index is 6.06. The number of thioether (sulfide) groups is 1. The van der Waals surface area contributed by atoms with Crippen molar-refractivity contribution in [3.05, 3.63) is 41.0 Å². The van der Waals surface area contributed by atoms with Crippen molar-refractivity contribution in [2.24, 2.45) is 0 Å². The van der Waals surface area contributed by atoms with E-state index < -0.39 is 0 Å². The highest BCUT2D eigenvalue weighted by atomic mass is 35.5. The second-order valence-electron chi connectivity index (χ2n) is 3.38. The third-order valence-corrected chi connectivity index (χ3v) is 3.45. The average Bonchev–Trinajstić information content (AvgIpc) is 2.82. The molecule has 0 unspecified atom stereocenters. The molecule has 0 fully saturated rings. The molecule has 3 nitrogen and oxygen atoms in total. The van der Waals surface area contributed by atoms with E-state index in [9.17, 15) is 0 Å². The Morgan fingerprint density at radius 1 is 1.31 bits per heavy atom. The molecule has 0 saturated heterocycles. The molecule has 3 rings (SSSR count). The van der Waals surface area contributed by atoms with Crippen molar-refractivity contribution < 1.29 is 0 Å². The first kappa shape index (κ1) is 9.93. The number of anilines is 1. The van der Waals surface area contributed by atoms with Crippen molar-refractivity contribution in [2.45, 2.75) is 0 Å². The highest BCUT2D eigenvalue weighted by Gasteiger charge is 2.10. The summed E-state index contributed by atoms with van der Waals surface area (Å²) < 4.78 is 0. The molecule has 0 aromatic carbocycles. The van der Waals surface area contributed by atoms with E-state index >= 15 is 0 Å². The molecular weight excluding hydrogens is 242 g/mol. The molecular formula is C11H8ClN3S. The Balaban J connectivity index is 2.12. The van der Waals surface area contributed by atoms with E-state index in [-0.39, 0.29) is 0 Å². The summed E-state index contributed by atoms with van der Waals surface area (Å²) in [6.45, 7) is 0. The molecule has 2 aromatic rings. The van der Waals surface area contributed by atoms with Gasteiger partial charge in [0.05, 0.1) is 10.9 Å². The maximum absolute atomic E-state index is 6.06. The summed E-state index contributed by atoms with van der Waals surface area (Å²) in [4.78, 5) is 10.8. The van der Waals surface area contributed by atoms with Crippen molar-refractivity contribution >= 4 is 40.2 Å². The van der Waals surface area contributed by atoms with E-state index in [0.29, 0.717) is 10.7 Å². The normalized spacial score (nSPS) is 14.9. The standard InChI is InChI=1S/C11H8ClN3S/c12-9-3-4-13-11-8(9)1-2-10(14-11)15-5-6-16-7-15/h1-6H,7H2. The molecule has 0 radical (unpaired) electrons. The number of halogens is 1. The molecule has 2 aromatic heterocycles. The second kappa shape index (κ2) is 3.96. The van der Waals surface area contributed by atoms with Crippen molar-refractivity contribution in [1.82, 2.24) is 9.97 Å². The summed E-state index contributed by atoms with van der Waals surface area (Å²) in [6, 6.07) is 5.70. The molecule has 16 heavy (non-hydrogen) atoms. The number of aromatic nitrogens is 2. The van der Waals surface area contributed by atoms with Crippen LogP contribution in [-0.4, -0.2) is 15.8 Å². The molecule has 3 heterocycles. The van der Waals surface area contributed by atoms with E-state index in [1.54, 1.807) is 24.0 Å². The Morgan fingerprint density at radius 2 is 2.25 bits per heavy atom. The van der Waals surface area contributed by atoms with Gasteiger partial charge in [-0.15, -0.1) is 11.8 Å². The van der Waals surface area contributed by atoms with Crippen LogP contribution >= 0.6 is 23.4 Å². The number of nitrogens with zero attached hydrogens (tertiary/aromatic N) is 3. The van der Waals surface area contributed by atoms with Crippen molar-refractivity contribution in [1.29, 1.82) is 0 Å². The summed E-state index contributed by atoms with van der Waals surface area (Å²) in [5, 5.41) is 3.64. The van der Waals surface area contributed by atoms with Gasteiger partial charge in [-0.3, -0.25) is 0 Å². The summed E-state index contributed by atoms with van der Waals surface area (Å²) in [6.07, 6.45) is 3.69. The lowest BCUT2D eigenvalue weighted by Gasteiger charge is -2.13. The van der Waals surface area contributed by atoms with Gasteiger partial charge < -0.3 is 4.90 Å². The molecule has 0 spiro atoms. The first-order chi connectivity index (χ1) is 7.84. The van der Waals surface area contributed by atoms with Gasteiger partial charge in [0.1, 0.15) is 5.82 Å². The van der Waals surface area contributed by atoms with Crippen LogP contribution in [0.3, 0.4) is 0 Å². The summed E-state index contributed by atoms with van der Waals surface area (Å²) in [5.74, 6) is 1.81. The lowest BCUT2D eigenvalue weighted by atomic mass is 10.3. The van der Waals surface area contributed by atoms with Gasteiger partial charge >= 0.3 is 0 Å². The van der Waals surface area contributed by atoms with Crippen LogP contribution in [0.2, 0.25) is 5.02 Å². The van der Waals surface area contributed by atoms with Crippen LogP contribution in [0.25, 0.3) is 11.0 Å². The number of fused-ring (bicyclic) bond motifs is 1. The van der Waals surface area contributed by atoms with Gasteiger partial charge in [0.25, 0.3) is 0 Å². The van der Waals surface area contributed by atoms with E-state index in [0.717, 1.165) is 17.1 Å². The first-order valence-electron chi connectivity index (χ1n) is 4.81. The van der Waals surface area contributed by atoms with E-state index in [1.165, 1.54) is 0 Å². The third-order valence-electron chi connectivity index (χ3n) is 2.38. The monoisotopic (exact) mass is 249 g/mol. The van der Waals surface area contributed by atoms with Crippen LogP contribution in [0.1, 0.15) is 0 Å². The van der Waals surface area contributed by atoms with E-state index in [4.69, 9.17) is 11.6 Å². The van der Waals surface area contributed by atoms with E-state index in [2.05, 4.69) is 20.3 Å². The van der Waals surface area contributed by atoms with Gasteiger partial charge in [-0.1, -0.05) is 11.6 Å².